The lowest BCUT2D eigenvalue weighted by Crippen LogP contribution is -2.33. The van der Waals surface area contributed by atoms with Crippen molar-refractivity contribution in [2.45, 2.75) is 38.8 Å². The summed E-state index contributed by atoms with van der Waals surface area (Å²) in [4.78, 5) is 4.18. The molecule has 0 spiro atoms. The zero-order chi connectivity index (χ0) is 12.8. The molecule has 2 rings (SSSR count). The number of hydrogen-bond acceptors (Lipinski definition) is 3. The summed E-state index contributed by atoms with van der Waals surface area (Å²) in [6, 6.07) is 11.2. The molecule has 1 aromatic heterocycles. The Labute approximate surface area is 108 Å². The van der Waals surface area contributed by atoms with Crippen LogP contribution < -0.4 is 5.32 Å². The maximum atomic E-state index is 4.18. The van der Waals surface area contributed by atoms with Crippen LogP contribution in [0, 0.1) is 0 Å². The highest BCUT2D eigenvalue weighted by molar-refractivity contribution is 5.16. The average Bonchev–Trinajstić information content (AvgIpc) is 2.93. The Bertz CT molecular complexity index is 438. The molecule has 0 bridgehead atoms. The molecule has 96 valence electrons. The van der Waals surface area contributed by atoms with Gasteiger partial charge in [-0.15, -0.1) is 0 Å². The summed E-state index contributed by atoms with van der Waals surface area (Å²) >= 11 is 0. The molecule has 0 aliphatic heterocycles. The summed E-state index contributed by atoms with van der Waals surface area (Å²) < 4.78 is 0. The lowest BCUT2D eigenvalue weighted by Gasteiger charge is -2.21. The number of hydrogen-bond donors (Lipinski definition) is 2. The van der Waals surface area contributed by atoms with Crippen LogP contribution in [0.25, 0.3) is 0 Å². The average molecular weight is 244 g/mol. The fraction of sp³-hybridized carbons (Fsp3) is 0.429. The van der Waals surface area contributed by atoms with Crippen LogP contribution in [0.2, 0.25) is 0 Å². The second-order valence-electron chi connectivity index (χ2n) is 4.55. The first-order chi connectivity index (χ1) is 8.79. The molecule has 4 nitrogen and oxygen atoms in total. The molecule has 0 aliphatic rings. The number of aromatic amines is 1. The lowest BCUT2D eigenvalue weighted by atomic mass is 10.0. The highest BCUT2D eigenvalue weighted by Gasteiger charge is 2.14. The van der Waals surface area contributed by atoms with Crippen molar-refractivity contribution in [3.05, 3.63) is 48.0 Å². The third kappa shape index (κ3) is 3.40. The Hall–Kier alpha value is -1.68. The van der Waals surface area contributed by atoms with Gasteiger partial charge in [-0.25, -0.2) is 4.98 Å². The van der Waals surface area contributed by atoms with E-state index in [1.54, 1.807) is 6.33 Å². The predicted octanol–water partition coefficient (Wildman–Crippen LogP) is 2.48. The lowest BCUT2D eigenvalue weighted by molar-refractivity contribution is 0.429. The fourth-order valence-electron chi connectivity index (χ4n) is 2.08. The number of benzene rings is 1. The standard InChI is InChI=1S/C14H20N4/c1-3-13(9-12-7-5-4-6-8-12)17-11(2)14-15-10-16-18-14/h4-8,10-11,13,17H,3,9H2,1-2H3,(H,15,16,18). The Balaban J connectivity index is 1.93. The van der Waals surface area contributed by atoms with E-state index in [1.165, 1.54) is 5.56 Å². The predicted molar refractivity (Wildman–Crippen MR) is 72.2 cm³/mol. The molecule has 2 atom stereocenters. The minimum Gasteiger partial charge on any atom is -0.304 e. The Kier molecular flexibility index (Phi) is 4.47. The summed E-state index contributed by atoms with van der Waals surface area (Å²) in [5.74, 6) is 0.890. The van der Waals surface area contributed by atoms with E-state index < -0.39 is 0 Å². The molecular weight excluding hydrogens is 224 g/mol. The van der Waals surface area contributed by atoms with Gasteiger partial charge in [-0.3, -0.25) is 5.10 Å². The second-order valence-corrected chi connectivity index (χ2v) is 4.55. The zero-order valence-corrected chi connectivity index (χ0v) is 10.9. The number of nitrogens with zero attached hydrogens (tertiary/aromatic N) is 2. The van der Waals surface area contributed by atoms with Crippen LogP contribution in [0.3, 0.4) is 0 Å². The third-order valence-electron chi connectivity index (χ3n) is 3.15. The molecule has 0 amide bonds. The highest BCUT2D eigenvalue weighted by Crippen LogP contribution is 2.11. The van der Waals surface area contributed by atoms with E-state index in [0.29, 0.717) is 6.04 Å². The van der Waals surface area contributed by atoms with Gasteiger partial charge >= 0.3 is 0 Å². The first-order valence-corrected chi connectivity index (χ1v) is 6.44. The molecule has 0 aliphatic carbocycles. The number of rotatable bonds is 6. The van der Waals surface area contributed by atoms with Gasteiger partial charge in [0.05, 0.1) is 6.04 Å². The molecule has 1 heterocycles. The van der Waals surface area contributed by atoms with Crippen LogP contribution in [0.4, 0.5) is 0 Å². The van der Waals surface area contributed by atoms with Crippen molar-refractivity contribution in [1.29, 1.82) is 0 Å². The number of H-pyrrole nitrogens is 1. The summed E-state index contributed by atoms with van der Waals surface area (Å²) in [5, 5.41) is 10.4. The van der Waals surface area contributed by atoms with Crippen LogP contribution in [-0.2, 0) is 6.42 Å². The zero-order valence-electron chi connectivity index (χ0n) is 10.9. The van der Waals surface area contributed by atoms with Gasteiger partial charge in [-0.2, -0.15) is 5.10 Å². The van der Waals surface area contributed by atoms with Crippen molar-refractivity contribution in [2.24, 2.45) is 0 Å². The van der Waals surface area contributed by atoms with Crippen LogP contribution in [-0.4, -0.2) is 21.2 Å². The molecule has 2 aromatic rings. The number of nitrogens with one attached hydrogen (secondary N) is 2. The molecule has 0 saturated carbocycles. The Morgan fingerprint density at radius 1 is 1.28 bits per heavy atom. The van der Waals surface area contributed by atoms with Crippen molar-refractivity contribution in [2.75, 3.05) is 0 Å². The molecule has 18 heavy (non-hydrogen) atoms. The van der Waals surface area contributed by atoms with Crippen LogP contribution >= 0.6 is 0 Å². The van der Waals surface area contributed by atoms with Gasteiger partial charge in [0.2, 0.25) is 0 Å². The molecule has 0 saturated heterocycles. The van der Waals surface area contributed by atoms with Crippen LogP contribution in [0.15, 0.2) is 36.7 Å². The van der Waals surface area contributed by atoms with Crippen molar-refractivity contribution in [3.63, 3.8) is 0 Å². The molecular formula is C14H20N4. The van der Waals surface area contributed by atoms with E-state index in [4.69, 9.17) is 0 Å². The van der Waals surface area contributed by atoms with Crippen LogP contribution in [0.5, 0.6) is 0 Å². The first kappa shape index (κ1) is 12.8. The summed E-state index contributed by atoms with van der Waals surface area (Å²) in [6.45, 7) is 4.31. The molecule has 4 heteroatoms. The second kappa shape index (κ2) is 6.31. The quantitative estimate of drug-likeness (QED) is 0.820. The monoisotopic (exact) mass is 244 g/mol. The van der Waals surface area contributed by atoms with E-state index >= 15 is 0 Å². The van der Waals surface area contributed by atoms with Gasteiger partial charge in [0.1, 0.15) is 12.2 Å². The molecule has 0 fully saturated rings. The Morgan fingerprint density at radius 2 is 2.06 bits per heavy atom. The van der Waals surface area contributed by atoms with E-state index in [2.05, 4.69) is 64.7 Å². The van der Waals surface area contributed by atoms with Gasteiger partial charge in [0.15, 0.2) is 0 Å². The Morgan fingerprint density at radius 3 is 2.67 bits per heavy atom. The molecule has 2 unspecified atom stereocenters. The minimum atomic E-state index is 0.196. The van der Waals surface area contributed by atoms with Crippen molar-refractivity contribution >= 4 is 0 Å². The molecule has 0 radical (unpaired) electrons. The maximum Gasteiger partial charge on any atom is 0.141 e. The van der Waals surface area contributed by atoms with E-state index in [0.717, 1.165) is 18.7 Å². The third-order valence-corrected chi connectivity index (χ3v) is 3.15. The van der Waals surface area contributed by atoms with Crippen molar-refractivity contribution < 1.29 is 0 Å². The normalized spacial score (nSPS) is 14.3. The summed E-state index contributed by atoms with van der Waals surface area (Å²) in [7, 11) is 0. The first-order valence-electron chi connectivity index (χ1n) is 6.44. The molecule has 2 N–H and O–H groups in total. The van der Waals surface area contributed by atoms with E-state index in [1.807, 2.05) is 0 Å². The van der Waals surface area contributed by atoms with E-state index in [9.17, 15) is 0 Å². The van der Waals surface area contributed by atoms with Crippen molar-refractivity contribution in [3.8, 4) is 0 Å². The number of aromatic nitrogens is 3. The fourth-order valence-corrected chi connectivity index (χ4v) is 2.08. The minimum absolute atomic E-state index is 0.196. The molecule has 1 aromatic carbocycles. The highest BCUT2D eigenvalue weighted by atomic mass is 15.2. The SMILES string of the molecule is CCC(Cc1ccccc1)NC(C)c1ncn[nH]1. The van der Waals surface area contributed by atoms with Gasteiger partial charge in [-0.05, 0) is 25.3 Å². The maximum absolute atomic E-state index is 4.18. The topological polar surface area (TPSA) is 53.6 Å². The van der Waals surface area contributed by atoms with Crippen LogP contribution in [0.1, 0.15) is 37.7 Å². The van der Waals surface area contributed by atoms with E-state index in [-0.39, 0.29) is 6.04 Å². The smallest absolute Gasteiger partial charge is 0.141 e. The largest absolute Gasteiger partial charge is 0.304 e. The van der Waals surface area contributed by atoms with Gasteiger partial charge in [0, 0.05) is 6.04 Å². The van der Waals surface area contributed by atoms with Gasteiger partial charge < -0.3 is 5.32 Å². The van der Waals surface area contributed by atoms with Crippen molar-refractivity contribution in [1.82, 2.24) is 20.5 Å². The van der Waals surface area contributed by atoms with Gasteiger partial charge in [-0.1, -0.05) is 37.3 Å². The summed E-state index contributed by atoms with van der Waals surface area (Å²) in [5.41, 5.74) is 1.36. The van der Waals surface area contributed by atoms with Gasteiger partial charge in [0.25, 0.3) is 0 Å². The summed E-state index contributed by atoms with van der Waals surface area (Å²) in [6.07, 6.45) is 3.68.